The lowest BCUT2D eigenvalue weighted by Crippen LogP contribution is -2.26. The van der Waals surface area contributed by atoms with Gasteiger partial charge in [0, 0.05) is 10.7 Å². The molecule has 3 N–H and O–H groups in total. The Hall–Kier alpha value is -1.71. The standard InChI is InChI=1S/C15H14Cl2N2O/c1-9(10-3-2-4-11(16)7-10)19-15(20)13-6-5-12(18)8-14(13)17/h2-9H,18H2,1H3,(H,19,20). The number of hydrogen-bond donors (Lipinski definition) is 2. The van der Waals surface area contributed by atoms with Crippen molar-refractivity contribution in [2.45, 2.75) is 13.0 Å². The van der Waals surface area contributed by atoms with E-state index in [9.17, 15) is 4.79 Å². The fraction of sp³-hybridized carbons (Fsp3) is 0.133. The Kier molecular flexibility index (Phi) is 4.53. The van der Waals surface area contributed by atoms with Crippen LogP contribution in [0.1, 0.15) is 28.9 Å². The summed E-state index contributed by atoms with van der Waals surface area (Å²) in [6.45, 7) is 1.88. The molecule has 0 aromatic heterocycles. The Morgan fingerprint density at radius 2 is 1.95 bits per heavy atom. The van der Waals surface area contributed by atoms with Gasteiger partial charge in [0.25, 0.3) is 5.91 Å². The summed E-state index contributed by atoms with van der Waals surface area (Å²) < 4.78 is 0. The van der Waals surface area contributed by atoms with Gasteiger partial charge in [-0.1, -0.05) is 35.3 Å². The van der Waals surface area contributed by atoms with Crippen molar-refractivity contribution in [3.8, 4) is 0 Å². The molecule has 104 valence electrons. The molecule has 1 unspecified atom stereocenters. The van der Waals surface area contributed by atoms with Gasteiger partial charge in [0.05, 0.1) is 16.6 Å². The first-order valence-corrected chi connectivity index (χ1v) is 6.84. The zero-order chi connectivity index (χ0) is 14.7. The van der Waals surface area contributed by atoms with Crippen LogP contribution in [0.4, 0.5) is 5.69 Å². The first-order chi connectivity index (χ1) is 9.47. The van der Waals surface area contributed by atoms with E-state index in [1.54, 1.807) is 24.3 Å². The number of rotatable bonds is 3. The van der Waals surface area contributed by atoms with E-state index < -0.39 is 0 Å². The van der Waals surface area contributed by atoms with Crippen molar-refractivity contribution in [3.63, 3.8) is 0 Å². The van der Waals surface area contributed by atoms with Crippen LogP contribution < -0.4 is 11.1 Å². The Balaban J connectivity index is 2.15. The smallest absolute Gasteiger partial charge is 0.253 e. The summed E-state index contributed by atoms with van der Waals surface area (Å²) in [5.41, 5.74) is 7.45. The van der Waals surface area contributed by atoms with Crippen LogP contribution in [0.25, 0.3) is 0 Å². The van der Waals surface area contributed by atoms with E-state index in [2.05, 4.69) is 5.32 Å². The van der Waals surface area contributed by atoms with Crippen molar-refractivity contribution in [2.24, 2.45) is 0 Å². The molecule has 0 fully saturated rings. The maximum atomic E-state index is 12.2. The highest BCUT2D eigenvalue weighted by molar-refractivity contribution is 6.34. The number of hydrogen-bond acceptors (Lipinski definition) is 2. The number of nitrogens with two attached hydrogens (primary N) is 1. The third kappa shape index (κ3) is 3.44. The number of anilines is 1. The van der Waals surface area contributed by atoms with Gasteiger partial charge in [-0.2, -0.15) is 0 Å². The first kappa shape index (κ1) is 14.7. The molecular formula is C15H14Cl2N2O. The number of carbonyl (C=O) groups excluding carboxylic acids is 1. The molecule has 0 saturated heterocycles. The Bertz CT molecular complexity index is 644. The molecule has 1 atom stereocenters. The van der Waals surface area contributed by atoms with Crippen LogP contribution >= 0.6 is 23.2 Å². The van der Waals surface area contributed by atoms with Crippen molar-refractivity contribution in [3.05, 3.63) is 63.6 Å². The number of nitrogen functional groups attached to an aromatic ring is 1. The minimum Gasteiger partial charge on any atom is -0.399 e. The third-order valence-electron chi connectivity index (χ3n) is 2.93. The topological polar surface area (TPSA) is 55.1 Å². The third-order valence-corrected chi connectivity index (χ3v) is 3.48. The molecule has 2 aromatic carbocycles. The molecule has 20 heavy (non-hydrogen) atoms. The summed E-state index contributed by atoms with van der Waals surface area (Å²) in [6, 6.07) is 12.0. The van der Waals surface area contributed by atoms with E-state index in [1.807, 2.05) is 25.1 Å². The molecule has 1 amide bonds. The van der Waals surface area contributed by atoms with E-state index in [-0.39, 0.29) is 11.9 Å². The van der Waals surface area contributed by atoms with Crippen LogP contribution in [-0.4, -0.2) is 5.91 Å². The van der Waals surface area contributed by atoms with Gasteiger partial charge in [0.2, 0.25) is 0 Å². The van der Waals surface area contributed by atoms with E-state index in [0.717, 1.165) is 5.56 Å². The van der Waals surface area contributed by atoms with Gasteiger partial charge in [0.1, 0.15) is 0 Å². The zero-order valence-corrected chi connectivity index (χ0v) is 12.4. The van der Waals surface area contributed by atoms with Crippen molar-refractivity contribution in [1.29, 1.82) is 0 Å². The fourth-order valence-corrected chi connectivity index (χ4v) is 2.32. The van der Waals surface area contributed by atoms with E-state index in [1.165, 1.54) is 0 Å². The van der Waals surface area contributed by atoms with Crippen LogP contribution in [0.3, 0.4) is 0 Å². The summed E-state index contributed by atoms with van der Waals surface area (Å²) in [6.07, 6.45) is 0. The van der Waals surface area contributed by atoms with Crippen molar-refractivity contribution >= 4 is 34.8 Å². The average Bonchev–Trinajstić information content (AvgIpc) is 2.38. The molecular weight excluding hydrogens is 295 g/mol. The SMILES string of the molecule is CC(NC(=O)c1ccc(N)cc1Cl)c1cccc(Cl)c1. The molecule has 0 saturated carbocycles. The number of benzene rings is 2. The van der Waals surface area contributed by atoms with Crippen LogP contribution in [-0.2, 0) is 0 Å². The summed E-state index contributed by atoms with van der Waals surface area (Å²) >= 11 is 12.0. The first-order valence-electron chi connectivity index (χ1n) is 6.08. The molecule has 0 radical (unpaired) electrons. The van der Waals surface area contributed by atoms with Crippen LogP contribution in [0.15, 0.2) is 42.5 Å². The quantitative estimate of drug-likeness (QED) is 0.840. The van der Waals surface area contributed by atoms with E-state index >= 15 is 0 Å². The van der Waals surface area contributed by atoms with Gasteiger partial charge in [-0.25, -0.2) is 0 Å². The molecule has 0 spiro atoms. The average molecular weight is 309 g/mol. The predicted molar refractivity (Wildman–Crippen MR) is 83.2 cm³/mol. The Morgan fingerprint density at radius 3 is 2.60 bits per heavy atom. The molecule has 5 heteroatoms. The predicted octanol–water partition coefficient (Wildman–Crippen LogP) is 4.07. The molecule has 0 aliphatic heterocycles. The Morgan fingerprint density at radius 1 is 1.20 bits per heavy atom. The monoisotopic (exact) mass is 308 g/mol. The van der Waals surface area contributed by atoms with E-state index in [4.69, 9.17) is 28.9 Å². The number of halogens is 2. The largest absolute Gasteiger partial charge is 0.399 e. The number of carbonyl (C=O) groups is 1. The van der Waals surface area contributed by atoms with Crippen molar-refractivity contribution in [2.75, 3.05) is 5.73 Å². The normalized spacial score (nSPS) is 11.9. The van der Waals surface area contributed by atoms with Gasteiger partial charge in [0.15, 0.2) is 0 Å². The summed E-state index contributed by atoms with van der Waals surface area (Å²) in [4.78, 5) is 12.2. The molecule has 2 aromatic rings. The Labute approximate surface area is 127 Å². The van der Waals surface area contributed by atoms with Crippen molar-refractivity contribution < 1.29 is 4.79 Å². The number of nitrogens with one attached hydrogen (secondary N) is 1. The lowest BCUT2D eigenvalue weighted by atomic mass is 10.1. The van der Waals surface area contributed by atoms with Gasteiger partial charge < -0.3 is 11.1 Å². The molecule has 3 nitrogen and oxygen atoms in total. The maximum Gasteiger partial charge on any atom is 0.253 e. The minimum absolute atomic E-state index is 0.171. The molecule has 0 heterocycles. The highest BCUT2D eigenvalue weighted by atomic mass is 35.5. The summed E-state index contributed by atoms with van der Waals surface area (Å²) in [5.74, 6) is -0.248. The van der Waals surface area contributed by atoms with Gasteiger partial charge in [-0.15, -0.1) is 0 Å². The highest BCUT2D eigenvalue weighted by Crippen LogP contribution is 2.21. The fourth-order valence-electron chi connectivity index (χ4n) is 1.85. The van der Waals surface area contributed by atoms with Crippen LogP contribution in [0, 0.1) is 0 Å². The highest BCUT2D eigenvalue weighted by Gasteiger charge is 2.14. The molecule has 0 aliphatic carbocycles. The minimum atomic E-state index is -0.248. The van der Waals surface area contributed by atoms with Gasteiger partial charge in [-0.3, -0.25) is 4.79 Å². The second kappa shape index (κ2) is 6.16. The summed E-state index contributed by atoms with van der Waals surface area (Å²) in [5, 5.41) is 3.84. The lowest BCUT2D eigenvalue weighted by molar-refractivity contribution is 0.0940. The summed E-state index contributed by atoms with van der Waals surface area (Å²) in [7, 11) is 0. The maximum absolute atomic E-state index is 12.2. The van der Waals surface area contributed by atoms with Gasteiger partial charge >= 0.3 is 0 Å². The second-order valence-corrected chi connectivity index (χ2v) is 5.33. The zero-order valence-electron chi connectivity index (χ0n) is 10.9. The second-order valence-electron chi connectivity index (χ2n) is 4.49. The van der Waals surface area contributed by atoms with Gasteiger partial charge in [-0.05, 0) is 42.8 Å². The van der Waals surface area contributed by atoms with E-state index in [0.29, 0.717) is 21.3 Å². The lowest BCUT2D eigenvalue weighted by Gasteiger charge is -2.15. The van der Waals surface area contributed by atoms with Crippen molar-refractivity contribution in [1.82, 2.24) is 5.32 Å². The number of amides is 1. The molecule has 2 rings (SSSR count). The van der Waals surface area contributed by atoms with Crippen LogP contribution in [0.5, 0.6) is 0 Å². The molecule has 0 bridgehead atoms. The van der Waals surface area contributed by atoms with Crippen LogP contribution in [0.2, 0.25) is 10.0 Å². The molecule has 0 aliphatic rings.